The van der Waals surface area contributed by atoms with Crippen LogP contribution in [0.3, 0.4) is 0 Å². The predicted molar refractivity (Wildman–Crippen MR) is 77.8 cm³/mol. The Bertz CT molecular complexity index is 319. The van der Waals surface area contributed by atoms with Crippen LogP contribution in [0.15, 0.2) is 0 Å². The van der Waals surface area contributed by atoms with Gasteiger partial charge in [-0.15, -0.1) is 0 Å². The first-order chi connectivity index (χ1) is 8.91. The summed E-state index contributed by atoms with van der Waals surface area (Å²) >= 11 is 0. The number of fused-ring (bicyclic) bond motifs is 2. The van der Waals surface area contributed by atoms with Gasteiger partial charge in [0.1, 0.15) is 0 Å². The average molecular weight is 266 g/mol. The lowest BCUT2D eigenvalue weighted by Crippen LogP contribution is -2.32. The van der Waals surface area contributed by atoms with Gasteiger partial charge in [-0.2, -0.15) is 0 Å². The monoisotopic (exact) mass is 266 g/mol. The quantitative estimate of drug-likeness (QED) is 0.525. The van der Waals surface area contributed by atoms with Crippen LogP contribution in [0, 0.1) is 29.1 Å². The summed E-state index contributed by atoms with van der Waals surface area (Å²) < 4.78 is 5.47. The highest BCUT2D eigenvalue weighted by molar-refractivity contribution is 5.76. The number of ether oxygens (including phenoxy) is 1. The van der Waals surface area contributed by atoms with Crippen molar-refractivity contribution in [3.8, 4) is 0 Å². The number of hydrogen-bond acceptors (Lipinski definition) is 2. The fraction of sp³-hybridized carbons (Fsp3) is 0.941. The third-order valence-electron chi connectivity index (χ3n) is 5.81. The van der Waals surface area contributed by atoms with Crippen LogP contribution in [0.5, 0.6) is 0 Å². The Morgan fingerprint density at radius 2 is 2.00 bits per heavy atom. The van der Waals surface area contributed by atoms with Gasteiger partial charge in [-0.25, -0.2) is 0 Å². The Balaban J connectivity index is 1.63. The van der Waals surface area contributed by atoms with Gasteiger partial charge in [-0.05, 0) is 69.6 Å². The first-order valence-corrected chi connectivity index (χ1v) is 8.08. The first kappa shape index (κ1) is 14.9. The van der Waals surface area contributed by atoms with E-state index in [1.807, 2.05) is 13.8 Å². The molecule has 0 aromatic rings. The smallest absolute Gasteiger partial charge is 0.311 e. The summed E-state index contributed by atoms with van der Waals surface area (Å²) in [4.78, 5) is 12.0. The van der Waals surface area contributed by atoms with Gasteiger partial charge in [0.15, 0.2) is 0 Å². The van der Waals surface area contributed by atoms with Gasteiger partial charge >= 0.3 is 5.97 Å². The van der Waals surface area contributed by atoms with E-state index in [2.05, 4.69) is 13.8 Å². The van der Waals surface area contributed by atoms with E-state index >= 15 is 0 Å². The molecule has 2 saturated carbocycles. The molecule has 0 aromatic carbocycles. The molecule has 2 aliphatic rings. The van der Waals surface area contributed by atoms with Crippen molar-refractivity contribution in [1.82, 2.24) is 0 Å². The minimum Gasteiger partial charge on any atom is -0.465 e. The summed E-state index contributed by atoms with van der Waals surface area (Å²) in [5.74, 6) is 3.24. The van der Waals surface area contributed by atoms with E-state index in [-0.39, 0.29) is 11.4 Å². The fourth-order valence-corrected chi connectivity index (χ4v) is 3.66. The van der Waals surface area contributed by atoms with Crippen LogP contribution in [0.25, 0.3) is 0 Å². The lowest BCUT2D eigenvalue weighted by molar-refractivity contribution is -0.156. The number of rotatable bonds is 6. The summed E-state index contributed by atoms with van der Waals surface area (Å²) in [6.45, 7) is 8.74. The van der Waals surface area contributed by atoms with Crippen LogP contribution in [0.2, 0.25) is 0 Å². The van der Waals surface area contributed by atoms with Crippen molar-refractivity contribution in [2.24, 2.45) is 29.1 Å². The molecule has 0 aromatic heterocycles. The fourth-order valence-electron chi connectivity index (χ4n) is 3.66. The molecule has 2 bridgehead atoms. The van der Waals surface area contributed by atoms with Gasteiger partial charge in [-0.1, -0.05) is 20.3 Å². The molecule has 0 spiro atoms. The van der Waals surface area contributed by atoms with E-state index in [9.17, 15) is 4.79 Å². The van der Waals surface area contributed by atoms with Gasteiger partial charge in [0.25, 0.3) is 0 Å². The predicted octanol–water partition coefficient (Wildman–Crippen LogP) is 4.43. The molecule has 3 unspecified atom stereocenters. The molecule has 3 atom stereocenters. The molecule has 0 N–H and O–H groups in total. The molecule has 2 fully saturated rings. The maximum Gasteiger partial charge on any atom is 0.311 e. The van der Waals surface area contributed by atoms with Crippen molar-refractivity contribution in [2.45, 2.75) is 66.2 Å². The van der Waals surface area contributed by atoms with Crippen LogP contribution >= 0.6 is 0 Å². The van der Waals surface area contributed by atoms with Crippen LogP contribution < -0.4 is 0 Å². The zero-order valence-corrected chi connectivity index (χ0v) is 13.1. The molecular formula is C17H30O2. The Morgan fingerprint density at radius 1 is 1.26 bits per heavy atom. The molecule has 0 aliphatic heterocycles. The summed E-state index contributed by atoms with van der Waals surface area (Å²) in [5.41, 5.74) is -0.355. The summed E-state index contributed by atoms with van der Waals surface area (Å²) in [6.07, 6.45) is 8.15. The Morgan fingerprint density at radius 3 is 2.53 bits per heavy atom. The summed E-state index contributed by atoms with van der Waals surface area (Å²) in [5, 5.41) is 0. The Labute approximate surface area is 118 Å². The molecule has 2 nitrogen and oxygen atoms in total. The molecule has 2 rings (SSSR count). The van der Waals surface area contributed by atoms with E-state index in [0.717, 1.165) is 24.2 Å². The van der Waals surface area contributed by atoms with Crippen molar-refractivity contribution in [2.75, 3.05) is 6.61 Å². The lowest BCUT2D eigenvalue weighted by atomic mass is 9.81. The van der Waals surface area contributed by atoms with Crippen LogP contribution in [0.4, 0.5) is 0 Å². The lowest BCUT2D eigenvalue weighted by Gasteiger charge is -2.27. The SMILES string of the molecule is CC(C)C(C)(C)C(=O)OCCCC1CC2CCC1C2. The molecular weight excluding hydrogens is 236 g/mol. The highest BCUT2D eigenvalue weighted by Gasteiger charge is 2.39. The maximum atomic E-state index is 12.0. The van der Waals surface area contributed by atoms with Crippen molar-refractivity contribution < 1.29 is 9.53 Å². The number of carbonyl (C=O) groups excluding carboxylic acids is 1. The van der Waals surface area contributed by atoms with E-state index in [0.29, 0.717) is 12.5 Å². The molecule has 2 aliphatic carbocycles. The van der Waals surface area contributed by atoms with Gasteiger partial charge in [0.05, 0.1) is 12.0 Å². The molecule has 0 amide bonds. The summed E-state index contributed by atoms with van der Waals surface area (Å²) in [6, 6.07) is 0. The Hall–Kier alpha value is -0.530. The minimum atomic E-state index is -0.355. The highest BCUT2D eigenvalue weighted by Crippen LogP contribution is 2.49. The van der Waals surface area contributed by atoms with Crippen LogP contribution in [0.1, 0.15) is 66.2 Å². The Kier molecular flexibility index (Phi) is 4.58. The molecule has 0 radical (unpaired) electrons. The van der Waals surface area contributed by atoms with Gasteiger partial charge in [0, 0.05) is 0 Å². The molecule has 2 heteroatoms. The van der Waals surface area contributed by atoms with Gasteiger partial charge in [-0.3, -0.25) is 4.79 Å². The van der Waals surface area contributed by atoms with Crippen molar-refractivity contribution in [1.29, 1.82) is 0 Å². The molecule has 0 saturated heterocycles. The van der Waals surface area contributed by atoms with Gasteiger partial charge < -0.3 is 4.74 Å². The van der Waals surface area contributed by atoms with Crippen molar-refractivity contribution >= 4 is 5.97 Å². The highest BCUT2D eigenvalue weighted by atomic mass is 16.5. The topological polar surface area (TPSA) is 26.3 Å². The van der Waals surface area contributed by atoms with Crippen molar-refractivity contribution in [3.05, 3.63) is 0 Å². The second kappa shape index (κ2) is 5.85. The van der Waals surface area contributed by atoms with Gasteiger partial charge in [0.2, 0.25) is 0 Å². The van der Waals surface area contributed by atoms with Crippen molar-refractivity contribution in [3.63, 3.8) is 0 Å². The number of esters is 1. The number of hydrogen-bond donors (Lipinski definition) is 0. The molecule has 110 valence electrons. The average Bonchev–Trinajstić information content (AvgIpc) is 2.96. The molecule has 0 heterocycles. The van der Waals surface area contributed by atoms with E-state index in [1.54, 1.807) is 0 Å². The summed E-state index contributed by atoms with van der Waals surface area (Å²) in [7, 11) is 0. The first-order valence-electron chi connectivity index (χ1n) is 8.08. The maximum absolute atomic E-state index is 12.0. The normalized spacial score (nSPS) is 30.1. The minimum absolute atomic E-state index is 0.0320. The number of carbonyl (C=O) groups is 1. The zero-order valence-electron chi connectivity index (χ0n) is 13.1. The molecule has 19 heavy (non-hydrogen) atoms. The largest absolute Gasteiger partial charge is 0.465 e. The zero-order chi connectivity index (χ0) is 14.0. The standard InChI is InChI=1S/C17H30O2/c1-12(2)17(3,4)16(18)19-9-5-6-14-10-13-7-8-15(14)11-13/h12-15H,5-11H2,1-4H3. The second-order valence-corrected chi connectivity index (χ2v) is 7.59. The third-order valence-corrected chi connectivity index (χ3v) is 5.81. The third kappa shape index (κ3) is 3.32. The van der Waals surface area contributed by atoms with Crippen LogP contribution in [-0.4, -0.2) is 12.6 Å². The van der Waals surface area contributed by atoms with Crippen LogP contribution in [-0.2, 0) is 9.53 Å². The second-order valence-electron chi connectivity index (χ2n) is 7.59. The van der Waals surface area contributed by atoms with E-state index < -0.39 is 0 Å². The van der Waals surface area contributed by atoms with E-state index in [4.69, 9.17) is 4.74 Å². The van der Waals surface area contributed by atoms with E-state index in [1.165, 1.54) is 32.1 Å².